The molecule has 6 nitrogen and oxygen atoms in total. The molecule has 1 unspecified atom stereocenters. The topological polar surface area (TPSA) is 73.3 Å². The van der Waals surface area contributed by atoms with Crippen LogP contribution in [0.25, 0.3) is 10.2 Å². The number of benzene rings is 1. The Bertz CT molecular complexity index is 1130. The summed E-state index contributed by atoms with van der Waals surface area (Å²) in [4.78, 5) is 24.7. The number of thiophene rings is 1. The highest BCUT2D eigenvalue weighted by molar-refractivity contribution is 8.00. The van der Waals surface area contributed by atoms with Gasteiger partial charge < -0.3 is 14.8 Å². The molecule has 0 bridgehead atoms. The van der Waals surface area contributed by atoms with Crippen molar-refractivity contribution in [1.29, 1.82) is 0 Å². The van der Waals surface area contributed by atoms with Crippen LogP contribution in [0.3, 0.4) is 0 Å². The van der Waals surface area contributed by atoms with E-state index in [0.29, 0.717) is 6.54 Å². The Labute approximate surface area is 183 Å². The first-order chi connectivity index (χ1) is 14.6. The van der Waals surface area contributed by atoms with Crippen LogP contribution in [-0.4, -0.2) is 27.9 Å². The van der Waals surface area contributed by atoms with Gasteiger partial charge in [-0.25, -0.2) is 9.97 Å². The van der Waals surface area contributed by atoms with Crippen LogP contribution in [0.4, 0.5) is 0 Å². The zero-order valence-electron chi connectivity index (χ0n) is 17.0. The summed E-state index contributed by atoms with van der Waals surface area (Å²) in [6, 6.07) is 5.73. The summed E-state index contributed by atoms with van der Waals surface area (Å²) in [5, 5.41) is 4.88. The van der Waals surface area contributed by atoms with Gasteiger partial charge in [-0.05, 0) is 62.8 Å². The molecular weight excluding hydrogens is 418 g/mol. The second-order valence-electron chi connectivity index (χ2n) is 7.63. The number of fused-ring (bicyclic) bond motifs is 4. The number of nitrogens with zero attached hydrogens (tertiary/aromatic N) is 2. The first-order valence-electron chi connectivity index (χ1n) is 10.2. The first-order valence-corrected chi connectivity index (χ1v) is 11.9. The lowest BCUT2D eigenvalue weighted by Gasteiger charge is -2.15. The van der Waals surface area contributed by atoms with Crippen LogP contribution in [0.15, 0.2) is 23.2 Å². The molecule has 8 heteroatoms. The maximum atomic E-state index is 12.8. The van der Waals surface area contributed by atoms with Crippen molar-refractivity contribution in [3.8, 4) is 11.5 Å². The third-order valence-corrected chi connectivity index (χ3v) is 7.73. The van der Waals surface area contributed by atoms with Crippen LogP contribution in [0, 0.1) is 6.92 Å². The summed E-state index contributed by atoms with van der Waals surface area (Å²) in [6.45, 7) is 4.55. The monoisotopic (exact) mass is 441 g/mol. The Morgan fingerprint density at radius 2 is 2.07 bits per heavy atom. The molecule has 0 saturated carbocycles. The van der Waals surface area contributed by atoms with E-state index in [1.807, 2.05) is 32.0 Å². The minimum absolute atomic E-state index is 0.00817. The fourth-order valence-electron chi connectivity index (χ4n) is 3.92. The van der Waals surface area contributed by atoms with Gasteiger partial charge in [-0.1, -0.05) is 17.8 Å². The molecular formula is C22H23N3O3S2. The van der Waals surface area contributed by atoms with Crippen LogP contribution in [0.5, 0.6) is 11.5 Å². The third-order valence-electron chi connectivity index (χ3n) is 5.45. The molecule has 5 rings (SSSR count). The molecule has 3 heterocycles. The predicted octanol–water partition coefficient (Wildman–Crippen LogP) is 4.40. The molecule has 0 fully saturated rings. The first kappa shape index (κ1) is 19.6. The van der Waals surface area contributed by atoms with E-state index in [2.05, 4.69) is 10.3 Å². The minimum Gasteiger partial charge on any atom is -0.454 e. The Hall–Kier alpha value is -2.32. The summed E-state index contributed by atoms with van der Waals surface area (Å²) in [7, 11) is 0. The Morgan fingerprint density at radius 1 is 1.23 bits per heavy atom. The molecule has 30 heavy (non-hydrogen) atoms. The molecule has 0 spiro atoms. The van der Waals surface area contributed by atoms with Gasteiger partial charge in [0, 0.05) is 16.8 Å². The zero-order valence-corrected chi connectivity index (χ0v) is 18.6. The lowest BCUT2D eigenvalue weighted by molar-refractivity contribution is -0.120. The van der Waals surface area contributed by atoms with Crippen LogP contribution >= 0.6 is 23.1 Å². The van der Waals surface area contributed by atoms with Gasteiger partial charge in [0.15, 0.2) is 11.5 Å². The highest BCUT2D eigenvalue weighted by Gasteiger charge is 2.24. The van der Waals surface area contributed by atoms with E-state index in [-0.39, 0.29) is 18.0 Å². The van der Waals surface area contributed by atoms with E-state index in [1.54, 1.807) is 11.3 Å². The van der Waals surface area contributed by atoms with Crippen molar-refractivity contribution >= 4 is 39.2 Å². The molecule has 1 aliphatic carbocycles. The number of ether oxygens (including phenoxy) is 2. The number of nitrogens with one attached hydrogen (secondary N) is 1. The zero-order chi connectivity index (χ0) is 20.7. The van der Waals surface area contributed by atoms with E-state index >= 15 is 0 Å². The van der Waals surface area contributed by atoms with Gasteiger partial charge in [0.1, 0.15) is 15.7 Å². The molecule has 1 N–H and O–H groups in total. The molecule has 1 atom stereocenters. The maximum absolute atomic E-state index is 12.8. The van der Waals surface area contributed by atoms with Crippen molar-refractivity contribution < 1.29 is 14.3 Å². The quantitative estimate of drug-likeness (QED) is 0.467. The number of hydrogen-bond donors (Lipinski definition) is 1. The van der Waals surface area contributed by atoms with Crippen molar-refractivity contribution in [2.24, 2.45) is 0 Å². The van der Waals surface area contributed by atoms with Crippen molar-refractivity contribution in [3.05, 3.63) is 40.0 Å². The van der Waals surface area contributed by atoms with Crippen LogP contribution < -0.4 is 14.8 Å². The molecule has 2 aliphatic rings. The number of carbonyl (C=O) groups excluding carboxylic acids is 1. The van der Waals surface area contributed by atoms with Crippen molar-refractivity contribution in [2.45, 2.75) is 56.4 Å². The molecule has 156 valence electrons. The number of aromatic nitrogens is 2. The second kappa shape index (κ2) is 8.07. The molecule has 1 amide bonds. The predicted molar refractivity (Wildman–Crippen MR) is 119 cm³/mol. The third kappa shape index (κ3) is 3.74. The standard InChI is InChI=1S/C22H23N3O3S2/c1-12(20(26)23-10-14-7-8-16-17(9-14)28-11-27-16)29-21-19-15-5-3-4-6-18(15)30-22(19)25-13(2)24-21/h7-9,12H,3-6,10-11H2,1-2H3,(H,23,26). The highest BCUT2D eigenvalue weighted by Crippen LogP contribution is 2.40. The van der Waals surface area contributed by atoms with Crippen molar-refractivity contribution in [1.82, 2.24) is 15.3 Å². The minimum atomic E-state index is -0.254. The Morgan fingerprint density at radius 3 is 2.97 bits per heavy atom. The second-order valence-corrected chi connectivity index (χ2v) is 10.0. The van der Waals surface area contributed by atoms with Crippen molar-refractivity contribution in [3.63, 3.8) is 0 Å². The molecule has 3 aromatic rings. The average Bonchev–Trinajstić information content (AvgIpc) is 3.35. The van der Waals surface area contributed by atoms with Crippen LogP contribution in [-0.2, 0) is 24.2 Å². The number of hydrogen-bond acceptors (Lipinski definition) is 7. The number of aryl methyl sites for hydroxylation is 3. The summed E-state index contributed by atoms with van der Waals surface area (Å²) < 4.78 is 10.7. The summed E-state index contributed by atoms with van der Waals surface area (Å²) in [5.41, 5.74) is 2.38. The van der Waals surface area contributed by atoms with Gasteiger partial charge in [0.05, 0.1) is 5.25 Å². The molecule has 0 saturated heterocycles. The molecule has 2 aromatic heterocycles. The Kier molecular flexibility index (Phi) is 5.28. The van der Waals surface area contributed by atoms with Gasteiger partial charge >= 0.3 is 0 Å². The van der Waals surface area contributed by atoms with Gasteiger partial charge in [-0.15, -0.1) is 11.3 Å². The van der Waals surface area contributed by atoms with E-state index < -0.39 is 0 Å². The summed E-state index contributed by atoms with van der Waals surface area (Å²) >= 11 is 3.32. The van der Waals surface area contributed by atoms with Gasteiger partial charge in [0.2, 0.25) is 12.7 Å². The SMILES string of the molecule is Cc1nc(SC(C)C(=O)NCc2ccc3c(c2)OCO3)c2c3c(sc2n1)CCCC3. The van der Waals surface area contributed by atoms with Gasteiger partial charge in [0.25, 0.3) is 0 Å². The van der Waals surface area contributed by atoms with Crippen LogP contribution in [0.2, 0.25) is 0 Å². The largest absolute Gasteiger partial charge is 0.454 e. The van der Waals surface area contributed by atoms with E-state index in [9.17, 15) is 4.79 Å². The Balaban J connectivity index is 1.31. The molecule has 1 aliphatic heterocycles. The number of rotatable bonds is 5. The van der Waals surface area contributed by atoms with Gasteiger partial charge in [-0.2, -0.15) is 0 Å². The normalized spacial score (nSPS) is 15.8. The molecule has 1 aromatic carbocycles. The highest BCUT2D eigenvalue weighted by atomic mass is 32.2. The van der Waals surface area contributed by atoms with Crippen molar-refractivity contribution in [2.75, 3.05) is 6.79 Å². The van der Waals surface area contributed by atoms with Gasteiger partial charge in [-0.3, -0.25) is 4.79 Å². The summed E-state index contributed by atoms with van der Waals surface area (Å²) in [6.07, 6.45) is 4.67. The number of thioether (sulfide) groups is 1. The van der Waals surface area contributed by atoms with E-state index in [1.165, 1.54) is 40.4 Å². The lowest BCUT2D eigenvalue weighted by atomic mass is 9.97. The number of amides is 1. The smallest absolute Gasteiger partial charge is 0.233 e. The fraction of sp³-hybridized carbons (Fsp3) is 0.409. The van der Waals surface area contributed by atoms with E-state index in [4.69, 9.17) is 14.5 Å². The average molecular weight is 442 g/mol. The fourth-order valence-corrected chi connectivity index (χ4v) is 6.33. The molecule has 0 radical (unpaired) electrons. The summed E-state index contributed by atoms with van der Waals surface area (Å²) in [5.74, 6) is 2.23. The lowest BCUT2D eigenvalue weighted by Crippen LogP contribution is -2.30. The maximum Gasteiger partial charge on any atom is 0.233 e. The van der Waals surface area contributed by atoms with Crippen LogP contribution in [0.1, 0.15) is 41.6 Å². The number of carbonyl (C=O) groups is 1. The van der Waals surface area contributed by atoms with E-state index in [0.717, 1.165) is 45.6 Å².